The summed E-state index contributed by atoms with van der Waals surface area (Å²) in [5.74, 6) is 0.108. The predicted molar refractivity (Wildman–Crippen MR) is 123 cm³/mol. The second-order valence-electron chi connectivity index (χ2n) is 8.05. The van der Waals surface area contributed by atoms with Gasteiger partial charge in [0.1, 0.15) is 11.3 Å². The van der Waals surface area contributed by atoms with E-state index in [-0.39, 0.29) is 0 Å². The number of aliphatic carboxylic acids is 1. The molecule has 0 aliphatic carbocycles. The second kappa shape index (κ2) is 8.60. The number of aryl methyl sites for hydroxylation is 1. The molecule has 0 aliphatic heterocycles. The van der Waals surface area contributed by atoms with Gasteiger partial charge in [-0.25, -0.2) is 4.79 Å². The molecule has 31 heavy (non-hydrogen) atoms. The van der Waals surface area contributed by atoms with Gasteiger partial charge in [-0.05, 0) is 36.1 Å². The summed E-state index contributed by atoms with van der Waals surface area (Å²) in [6.07, 6.45) is 0. The van der Waals surface area contributed by atoms with Crippen molar-refractivity contribution in [1.29, 1.82) is 0 Å². The molecule has 4 heteroatoms. The monoisotopic (exact) mass is 411 g/mol. The third kappa shape index (κ3) is 4.43. The van der Waals surface area contributed by atoms with Gasteiger partial charge in [0, 0.05) is 17.0 Å². The maximum atomic E-state index is 12.0. The van der Waals surface area contributed by atoms with Gasteiger partial charge < -0.3 is 9.52 Å². The Kier molecular flexibility index (Phi) is 5.72. The van der Waals surface area contributed by atoms with E-state index in [1.807, 2.05) is 61.5 Å². The average Bonchev–Trinajstić information content (AvgIpc) is 2.77. The highest BCUT2D eigenvalue weighted by Gasteiger charge is 2.19. The van der Waals surface area contributed by atoms with Crippen molar-refractivity contribution in [3.8, 4) is 11.3 Å². The fourth-order valence-corrected chi connectivity index (χ4v) is 3.61. The van der Waals surface area contributed by atoms with Crippen LogP contribution in [-0.2, 0) is 4.79 Å². The van der Waals surface area contributed by atoms with E-state index in [1.54, 1.807) is 12.1 Å². The summed E-state index contributed by atoms with van der Waals surface area (Å²) in [6, 6.07) is 24.0. The van der Waals surface area contributed by atoms with Gasteiger partial charge in [-0.1, -0.05) is 80.1 Å². The molecule has 1 atom stereocenters. The van der Waals surface area contributed by atoms with Gasteiger partial charge in [-0.2, -0.15) is 0 Å². The normalized spacial score (nSPS) is 13.0. The lowest BCUT2D eigenvalue weighted by Gasteiger charge is -2.11. The topological polar surface area (TPSA) is 62.8 Å². The van der Waals surface area contributed by atoms with E-state index in [0.717, 1.165) is 16.5 Å². The summed E-state index contributed by atoms with van der Waals surface area (Å²) >= 11 is 0. The summed E-state index contributed by atoms with van der Waals surface area (Å²) in [7, 11) is 0. The van der Waals surface area contributed by atoms with E-state index >= 15 is 0 Å². The zero-order chi connectivity index (χ0) is 22.0. The van der Waals surface area contributed by atoms with Gasteiger partial charge in [0.05, 0.1) is 5.36 Å². The first kappa shape index (κ1) is 20.6. The smallest absolute Gasteiger partial charge is 0.333 e. The molecule has 4 rings (SSSR count). The van der Waals surface area contributed by atoms with Crippen LogP contribution in [0.25, 0.3) is 22.3 Å². The van der Waals surface area contributed by atoms with Crippen molar-refractivity contribution < 1.29 is 14.3 Å². The van der Waals surface area contributed by atoms with Crippen molar-refractivity contribution in [3.63, 3.8) is 0 Å². The summed E-state index contributed by atoms with van der Waals surface area (Å²) in [6.45, 7) is 6.31. The molecule has 4 aromatic rings. The highest BCUT2D eigenvalue weighted by molar-refractivity contribution is 5.80. The highest BCUT2D eigenvalue weighted by atomic mass is 16.4. The van der Waals surface area contributed by atoms with Crippen LogP contribution in [0.5, 0.6) is 0 Å². The summed E-state index contributed by atoms with van der Waals surface area (Å²) in [5, 5.41) is 11.3. The lowest BCUT2D eigenvalue weighted by Crippen LogP contribution is -2.15. The van der Waals surface area contributed by atoms with Crippen molar-refractivity contribution in [1.82, 2.24) is 0 Å². The lowest BCUT2D eigenvalue weighted by molar-refractivity contribution is -0.138. The molecular weight excluding hydrogens is 386 g/mol. The largest absolute Gasteiger partial charge is 0.479 e. The van der Waals surface area contributed by atoms with E-state index < -0.39 is 12.0 Å². The average molecular weight is 412 g/mol. The van der Waals surface area contributed by atoms with Gasteiger partial charge in [0.15, 0.2) is 6.04 Å². The minimum absolute atomic E-state index is 0.443. The first-order valence-corrected chi connectivity index (χ1v) is 10.4. The van der Waals surface area contributed by atoms with E-state index in [1.165, 1.54) is 5.56 Å². The molecule has 1 aromatic heterocycles. The molecule has 0 fully saturated rings. The minimum atomic E-state index is -0.997. The standard InChI is InChI=1S/C27H25NO3/c1-17(2)19-10-12-20(13-11-19)25-16-23(22-15-18(3)9-14-24(22)31-25)28-26(27(29)30)21-7-5-4-6-8-21/h4-17,26H,1-3H3,(H,29,30). The Labute approximate surface area is 181 Å². The number of hydrogen-bond donors (Lipinski definition) is 1. The summed E-state index contributed by atoms with van der Waals surface area (Å²) in [5.41, 5.74) is 4.54. The third-order valence-corrected chi connectivity index (χ3v) is 5.38. The highest BCUT2D eigenvalue weighted by Crippen LogP contribution is 2.26. The van der Waals surface area contributed by atoms with Crippen LogP contribution >= 0.6 is 0 Å². The first-order chi connectivity index (χ1) is 14.9. The molecule has 1 unspecified atom stereocenters. The maximum Gasteiger partial charge on any atom is 0.333 e. The van der Waals surface area contributed by atoms with Crippen molar-refractivity contribution in [2.24, 2.45) is 4.99 Å². The molecule has 156 valence electrons. The van der Waals surface area contributed by atoms with Gasteiger partial charge in [0.25, 0.3) is 0 Å². The first-order valence-electron chi connectivity index (χ1n) is 10.4. The van der Waals surface area contributed by atoms with Gasteiger partial charge in [0.2, 0.25) is 0 Å². The van der Waals surface area contributed by atoms with Crippen molar-refractivity contribution in [2.75, 3.05) is 0 Å². The SMILES string of the molecule is Cc1ccc2oc(-c3ccc(C(C)C)cc3)cc(=NC(C(=O)O)c3ccccc3)c2c1. The van der Waals surface area contributed by atoms with E-state index in [2.05, 4.69) is 31.0 Å². The number of nitrogens with zero attached hydrogens (tertiary/aromatic N) is 1. The van der Waals surface area contributed by atoms with E-state index in [0.29, 0.717) is 28.2 Å². The molecule has 0 aliphatic rings. The molecule has 0 saturated carbocycles. The van der Waals surface area contributed by atoms with Gasteiger partial charge >= 0.3 is 5.97 Å². The number of benzene rings is 3. The number of carbonyl (C=O) groups is 1. The summed E-state index contributed by atoms with van der Waals surface area (Å²) < 4.78 is 6.18. The maximum absolute atomic E-state index is 12.0. The van der Waals surface area contributed by atoms with Crippen LogP contribution in [0.3, 0.4) is 0 Å². The lowest BCUT2D eigenvalue weighted by atomic mass is 10.0. The number of carboxylic acids is 1. The Morgan fingerprint density at radius 3 is 2.26 bits per heavy atom. The van der Waals surface area contributed by atoms with Crippen LogP contribution in [0, 0.1) is 6.92 Å². The number of rotatable bonds is 5. The van der Waals surface area contributed by atoms with Crippen molar-refractivity contribution >= 4 is 16.9 Å². The van der Waals surface area contributed by atoms with E-state index in [9.17, 15) is 9.90 Å². The van der Waals surface area contributed by atoms with Crippen molar-refractivity contribution in [2.45, 2.75) is 32.7 Å². The molecular formula is C27H25NO3. The van der Waals surface area contributed by atoms with Crippen molar-refractivity contribution in [3.05, 3.63) is 101 Å². The Morgan fingerprint density at radius 1 is 0.903 bits per heavy atom. The van der Waals surface area contributed by atoms with Gasteiger partial charge in [-0.3, -0.25) is 4.99 Å². The zero-order valence-electron chi connectivity index (χ0n) is 17.9. The minimum Gasteiger partial charge on any atom is -0.479 e. The quantitative estimate of drug-likeness (QED) is 0.422. The Balaban J connectivity index is 1.93. The second-order valence-corrected chi connectivity index (χ2v) is 8.05. The van der Waals surface area contributed by atoms with Crippen LogP contribution in [-0.4, -0.2) is 11.1 Å². The predicted octanol–water partition coefficient (Wildman–Crippen LogP) is 6.26. The Bertz CT molecular complexity index is 1290. The fourth-order valence-electron chi connectivity index (χ4n) is 3.61. The number of carboxylic acid groups (broad SMARTS) is 1. The number of hydrogen-bond acceptors (Lipinski definition) is 3. The van der Waals surface area contributed by atoms with E-state index in [4.69, 9.17) is 4.42 Å². The fraction of sp³-hybridized carbons (Fsp3) is 0.185. The van der Waals surface area contributed by atoms with Crippen LogP contribution in [0.1, 0.15) is 42.5 Å². The molecule has 0 spiro atoms. The van der Waals surface area contributed by atoms with Gasteiger partial charge in [-0.15, -0.1) is 0 Å². The third-order valence-electron chi connectivity index (χ3n) is 5.38. The molecule has 0 radical (unpaired) electrons. The van der Waals surface area contributed by atoms with Crippen LogP contribution in [0.15, 0.2) is 88.3 Å². The summed E-state index contributed by atoms with van der Waals surface area (Å²) in [4.78, 5) is 16.7. The number of fused-ring (bicyclic) bond motifs is 1. The molecule has 1 heterocycles. The Hall–Kier alpha value is -3.66. The molecule has 4 nitrogen and oxygen atoms in total. The Morgan fingerprint density at radius 2 is 1.61 bits per heavy atom. The molecule has 0 amide bonds. The van der Waals surface area contributed by atoms with Crippen LogP contribution in [0.2, 0.25) is 0 Å². The zero-order valence-corrected chi connectivity index (χ0v) is 17.9. The van der Waals surface area contributed by atoms with Crippen LogP contribution < -0.4 is 5.36 Å². The molecule has 0 bridgehead atoms. The van der Waals surface area contributed by atoms with Crippen LogP contribution in [0.4, 0.5) is 0 Å². The molecule has 0 saturated heterocycles. The molecule has 3 aromatic carbocycles. The molecule has 1 N–H and O–H groups in total.